The van der Waals surface area contributed by atoms with E-state index in [0.29, 0.717) is 16.5 Å². The first kappa shape index (κ1) is 23.3. The Morgan fingerprint density at radius 2 is 1.53 bits per heavy atom. The van der Waals surface area contributed by atoms with Crippen LogP contribution in [0.4, 0.5) is 21.3 Å². The lowest BCUT2D eigenvalue weighted by Crippen LogP contribution is -2.19. The van der Waals surface area contributed by atoms with E-state index < -0.39 is 0 Å². The number of rotatable bonds is 8. The molecule has 172 valence electrons. The third-order valence-electron chi connectivity index (χ3n) is 4.65. The smallest absolute Gasteiger partial charge is 0.323 e. The molecule has 0 atom stereocenters. The standard InChI is InChI=1S/C25H22N4O3S2/c1-32-20-11-7-18(8-12-20)26-24(31)27-19-9-13-21(14-10-19)33-16-23(30)29-25-28-22(15-34-25)17-5-3-2-4-6-17/h2-15H,16H2,1H3,(H2,26,27,31)(H,28,29,30). The Morgan fingerprint density at radius 1 is 0.882 bits per heavy atom. The first-order valence-electron chi connectivity index (χ1n) is 10.3. The maximum absolute atomic E-state index is 12.3. The van der Waals surface area contributed by atoms with Gasteiger partial charge in [0, 0.05) is 27.2 Å². The number of nitrogens with one attached hydrogen (secondary N) is 3. The molecule has 1 aromatic heterocycles. The zero-order valence-electron chi connectivity index (χ0n) is 18.3. The van der Waals surface area contributed by atoms with Gasteiger partial charge in [-0.3, -0.25) is 4.79 Å². The molecule has 0 unspecified atom stereocenters. The average molecular weight is 491 g/mol. The lowest BCUT2D eigenvalue weighted by Gasteiger charge is -2.09. The van der Waals surface area contributed by atoms with Crippen LogP contribution in [0.3, 0.4) is 0 Å². The Bertz CT molecular complexity index is 1240. The zero-order chi connectivity index (χ0) is 23.8. The predicted molar refractivity (Wildman–Crippen MR) is 139 cm³/mol. The average Bonchev–Trinajstić information content (AvgIpc) is 3.33. The Labute approximate surface area is 205 Å². The van der Waals surface area contributed by atoms with Crippen LogP contribution in [0.2, 0.25) is 0 Å². The van der Waals surface area contributed by atoms with Crippen LogP contribution >= 0.6 is 23.1 Å². The quantitative estimate of drug-likeness (QED) is 0.256. The number of amides is 3. The topological polar surface area (TPSA) is 92.4 Å². The number of benzene rings is 3. The maximum atomic E-state index is 12.3. The van der Waals surface area contributed by atoms with Gasteiger partial charge in [-0.15, -0.1) is 23.1 Å². The van der Waals surface area contributed by atoms with Gasteiger partial charge in [-0.2, -0.15) is 0 Å². The molecule has 0 fully saturated rings. The molecule has 34 heavy (non-hydrogen) atoms. The number of urea groups is 1. The molecule has 0 radical (unpaired) electrons. The van der Waals surface area contributed by atoms with E-state index in [9.17, 15) is 9.59 Å². The predicted octanol–water partition coefficient (Wildman–Crippen LogP) is 6.19. The molecular formula is C25H22N4O3S2. The van der Waals surface area contributed by atoms with Gasteiger partial charge in [0.05, 0.1) is 18.6 Å². The maximum Gasteiger partial charge on any atom is 0.323 e. The first-order valence-corrected chi connectivity index (χ1v) is 12.2. The van der Waals surface area contributed by atoms with Crippen LogP contribution < -0.4 is 20.7 Å². The lowest BCUT2D eigenvalue weighted by atomic mass is 10.2. The van der Waals surface area contributed by atoms with Gasteiger partial charge in [-0.25, -0.2) is 9.78 Å². The number of thioether (sulfide) groups is 1. The van der Waals surface area contributed by atoms with Gasteiger partial charge < -0.3 is 20.7 Å². The van der Waals surface area contributed by atoms with Crippen molar-refractivity contribution in [2.24, 2.45) is 0 Å². The number of anilines is 3. The Balaban J connectivity index is 1.23. The van der Waals surface area contributed by atoms with E-state index in [2.05, 4.69) is 20.9 Å². The summed E-state index contributed by atoms with van der Waals surface area (Å²) in [4.78, 5) is 29.9. The fraction of sp³-hybridized carbons (Fsp3) is 0.0800. The molecule has 1 heterocycles. The molecule has 0 aliphatic carbocycles. The van der Waals surface area contributed by atoms with Crippen molar-refractivity contribution in [3.8, 4) is 17.0 Å². The summed E-state index contributed by atoms with van der Waals surface area (Å²) in [6.45, 7) is 0. The van der Waals surface area contributed by atoms with E-state index in [4.69, 9.17) is 4.74 Å². The van der Waals surface area contributed by atoms with Crippen LogP contribution in [-0.4, -0.2) is 29.8 Å². The minimum atomic E-state index is -0.344. The summed E-state index contributed by atoms with van der Waals surface area (Å²) in [7, 11) is 1.59. The third kappa shape index (κ3) is 6.60. The molecule has 0 aliphatic heterocycles. The molecular weight excluding hydrogens is 468 g/mol. The number of aromatic nitrogens is 1. The van der Waals surface area contributed by atoms with Gasteiger partial charge in [0.2, 0.25) is 5.91 Å². The molecule has 3 aromatic carbocycles. The highest BCUT2D eigenvalue weighted by atomic mass is 32.2. The highest BCUT2D eigenvalue weighted by molar-refractivity contribution is 8.00. The summed E-state index contributed by atoms with van der Waals surface area (Å²) >= 11 is 2.81. The molecule has 0 saturated carbocycles. The van der Waals surface area contributed by atoms with Crippen LogP contribution in [0.25, 0.3) is 11.3 Å². The van der Waals surface area contributed by atoms with Crippen LogP contribution in [0.5, 0.6) is 5.75 Å². The molecule has 4 aromatic rings. The van der Waals surface area contributed by atoms with Crippen LogP contribution in [-0.2, 0) is 4.79 Å². The largest absolute Gasteiger partial charge is 0.497 e. The van der Waals surface area contributed by atoms with Gasteiger partial charge in [-0.05, 0) is 48.5 Å². The Kier molecular flexibility index (Phi) is 7.79. The van der Waals surface area contributed by atoms with Crippen molar-refractivity contribution in [3.05, 3.63) is 84.2 Å². The third-order valence-corrected chi connectivity index (χ3v) is 6.42. The summed E-state index contributed by atoms with van der Waals surface area (Å²) in [6.07, 6.45) is 0. The number of ether oxygens (including phenoxy) is 1. The minimum absolute atomic E-state index is 0.125. The minimum Gasteiger partial charge on any atom is -0.497 e. The fourth-order valence-electron chi connectivity index (χ4n) is 2.98. The van der Waals surface area contributed by atoms with Crippen LogP contribution in [0, 0.1) is 0 Å². The van der Waals surface area contributed by atoms with Crippen molar-refractivity contribution in [3.63, 3.8) is 0 Å². The Hall–Kier alpha value is -3.82. The second kappa shape index (κ2) is 11.4. The summed E-state index contributed by atoms with van der Waals surface area (Å²) < 4.78 is 5.10. The molecule has 3 amide bonds. The van der Waals surface area contributed by atoms with Crippen molar-refractivity contribution in [1.29, 1.82) is 0 Å². The van der Waals surface area contributed by atoms with E-state index in [0.717, 1.165) is 21.9 Å². The van der Waals surface area contributed by atoms with E-state index in [1.54, 1.807) is 43.5 Å². The highest BCUT2D eigenvalue weighted by Gasteiger charge is 2.09. The summed E-state index contributed by atoms with van der Waals surface area (Å²) in [6, 6.07) is 23.9. The number of carbonyl (C=O) groups excluding carboxylic acids is 2. The second-order valence-electron chi connectivity index (χ2n) is 7.07. The summed E-state index contributed by atoms with van der Waals surface area (Å²) in [5.74, 6) is 0.849. The monoisotopic (exact) mass is 490 g/mol. The molecule has 0 saturated heterocycles. The normalized spacial score (nSPS) is 10.4. The van der Waals surface area contributed by atoms with Gasteiger partial charge in [0.1, 0.15) is 5.75 Å². The Morgan fingerprint density at radius 3 is 2.18 bits per heavy atom. The molecule has 3 N–H and O–H groups in total. The number of hydrogen-bond donors (Lipinski definition) is 3. The highest BCUT2D eigenvalue weighted by Crippen LogP contribution is 2.25. The molecule has 0 aliphatic rings. The van der Waals surface area contributed by atoms with Crippen molar-refractivity contribution < 1.29 is 14.3 Å². The molecule has 7 nitrogen and oxygen atoms in total. The van der Waals surface area contributed by atoms with E-state index in [-0.39, 0.29) is 17.7 Å². The molecule has 0 bridgehead atoms. The fourth-order valence-corrected chi connectivity index (χ4v) is 4.41. The van der Waals surface area contributed by atoms with Gasteiger partial charge >= 0.3 is 6.03 Å². The molecule has 4 rings (SSSR count). The van der Waals surface area contributed by atoms with Crippen molar-refractivity contribution in [2.75, 3.05) is 28.8 Å². The summed E-state index contributed by atoms with van der Waals surface area (Å²) in [5, 5.41) is 10.9. The van der Waals surface area contributed by atoms with E-state index in [1.165, 1.54) is 23.1 Å². The van der Waals surface area contributed by atoms with Gasteiger partial charge in [0.25, 0.3) is 0 Å². The van der Waals surface area contributed by atoms with Crippen LogP contribution in [0.1, 0.15) is 0 Å². The second-order valence-corrected chi connectivity index (χ2v) is 8.98. The van der Waals surface area contributed by atoms with Gasteiger partial charge in [-0.1, -0.05) is 30.3 Å². The van der Waals surface area contributed by atoms with Crippen molar-refractivity contribution >= 4 is 51.5 Å². The first-order chi connectivity index (χ1) is 16.6. The van der Waals surface area contributed by atoms with Crippen molar-refractivity contribution in [1.82, 2.24) is 4.98 Å². The number of hydrogen-bond acceptors (Lipinski definition) is 6. The molecule has 9 heteroatoms. The van der Waals surface area contributed by atoms with Crippen molar-refractivity contribution in [2.45, 2.75) is 4.90 Å². The number of carbonyl (C=O) groups is 2. The SMILES string of the molecule is COc1ccc(NC(=O)Nc2ccc(SCC(=O)Nc3nc(-c4ccccc4)cs3)cc2)cc1. The lowest BCUT2D eigenvalue weighted by molar-refractivity contribution is -0.113. The zero-order valence-corrected chi connectivity index (χ0v) is 19.9. The number of methoxy groups -OCH3 is 1. The summed E-state index contributed by atoms with van der Waals surface area (Å²) in [5.41, 5.74) is 3.16. The number of nitrogens with zero attached hydrogens (tertiary/aromatic N) is 1. The van der Waals surface area contributed by atoms with E-state index >= 15 is 0 Å². The molecule has 0 spiro atoms. The van der Waals surface area contributed by atoms with Crippen LogP contribution in [0.15, 0.2) is 89.1 Å². The number of thiazole rings is 1. The van der Waals surface area contributed by atoms with E-state index in [1.807, 2.05) is 47.8 Å². The van der Waals surface area contributed by atoms with Gasteiger partial charge in [0.15, 0.2) is 5.13 Å².